The van der Waals surface area contributed by atoms with Gasteiger partial charge in [0.1, 0.15) is 0 Å². The summed E-state index contributed by atoms with van der Waals surface area (Å²) >= 11 is 0. The van der Waals surface area contributed by atoms with Crippen LogP contribution in [0.3, 0.4) is 0 Å². The number of benzene rings is 2. The van der Waals surface area contributed by atoms with Crippen molar-refractivity contribution in [3.05, 3.63) is 65.2 Å². The first-order valence-electron chi connectivity index (χ1n) is 10.8. The Balaban J connectivity index is 1.66. The quantitative estimate of drug-likeness (QED) is 0.500. The van der Waals surface area contributed by atoms with Crippen molar-refractivity contribution in [2.24, 2.45) is 0 Å². The maximum atomic E-state index is 2.54. The minimum Gasteiger partial charge on any atom is -0.372 e. The van der Waals surface area contributed by atoms with E-state index in [9.17, 15) is 0 Å². The third kappa shape index (κ3) is 4.94. The van der Waals surface area contributed by atoms with Gasteiger partial charge in [0.15, 0.2) is 0 Å². The molecule has 1 aliphatic rings. The molecule has 0 saturated carbocycles. The van der Waals surface area contributed by atoms with E-state index in [2.05, 4.69) is 88.0 Å². The second-order valence-corrected chi connectivity index (χ2v) is 9.39. The molecule has 1 nitrogen and oxygen atoms in total. The molecule has 1 atom stereocenters. The summed E-state index contributed by atoms with van der Waals surface area (Å²) in [5, 5.41) is 0. The minimum atomic E-state index is 0.214. The van der Waals surface area contributed by atoms with Gasteiger partial charge in [0.05, 0.1) is 0 Å². The first-order chi connectivity index (χ1) is 12.9. The molecule has 1 fully saturated rings. The van der Waals surface area contributed by atoms with Gasteiger partial charge in [0.2, 0.25) is 0 Å². The molecule has 1 unspecified atom stereocenters. The zero-order chi connectivity index (χ0) is 19.4. The largest absolute Gasteiger partial charge is 0.372 e. The van der Waals surface area contributed by atoms with Crippen molar-refractivity contribution in [2.75, 3.05) is 18.0 Å². The number of anilines is 1. The van der Waals surface area contributed by atoms with Gasteiger partial charge in [-0.15, -0.1) is 0 Å². The maximum absolute atomic E-state index is 2.54. The fraction of sp³-hybridized carbons (Fsp3) is 0.538. The number of nitrogens with zero attached hydrogens (tertiary/aromatic N) is 1. The molecule has 0 amide bonds. The van der Waals surface area contributed by atoms with Gasteiger partial charge < -0.3 is 4.90 Å². The summed E-state index contributed by atoms with van der Waals surface area (Å²) in [5.74, 6) is 1.19. The lowest BCUT2D eigenvalue weighted by Crippen LogP contribution is -2.19. The Hall–Kier alpha value is -1.76. The Morgan fingerprint density at radius 3 is 2.26 bits per heavy atom. The van der Waals surface area contributed by atoms with Crippen LogP contribution < -0.4 is 4.90 Å². The lowest BCUT2D eigenvalue weighted by Gasteiger charge is -2.28. The van der Waals surface area contributed by atoms with Gasteiger partial charge in [-0.2, -0.15) is 0 Å². The van der Waals surface area contributed by atoms with Crippen LogP contribution in [0.1, 0.15) is 88.8 Å². The molecular formula is C26H37N. The van der Waals surface area contributed by atoms with Gasteiger partial charge in [-0.3, -0.25) is 0 Å². The average Bonchev–Trinajstić information content (AvgIpc) is 3.21. The van der Waals surface area contributed by atoms with Crippen molar-refractivity contribution in [3.8, 4) is 0 Å². The number of hydrogen-bond acceptors (Lipinski definition) is 1. The monoisotopic (exact) mass is 363 g/mol. The summed E-state index contributed by atoms with van der Waals surface area (Å²) < 4.78 is 0. The minimum absolute atomic E-state index is 0.214. The van der Waals surface area contributed by atoms with Crippen molar-refractivity contribution < 1.29 is 0 Å². The van der Waals surface area contributed by atoms with E-state index in [0.29, 0.717) is 11.8 Å². The molecule has 27 heavy (non-hydrogen) atoms. The smallest absolute Gasteiger partial charge is 0.0369 e. The van der Waals surface area contributed by atoms with Gasteiger partial charge >= 0.3 is 0 Å². The van der Waals surface area contributed by atoms with E-state index < -0.39 is 0 Å². The van der Waals surface area contributed by atoms with Crippen LogP contribution in [-0.2, 0) is 5.41 Å². The van der Waals surface area contributed by atoms with Crippen LogP contribution in [-0.4, -0.2) is 13.1 Å². The van der Waals surface area contributed by atoms with Crippen LogP contribution in [0, 0.1) is 0 Å². The van der Waals surface area contributed by atoms with Gasteiger partial charge in [0, 0.05) is 18.8 Å². The summed E-state index contributed by atoms with van der Waals surface area (Å²) in [6.07, 6.45) is 5.11. The second-order valence-electron chi connectivity index (χ2n) is 9.39. The van der Waals surface area contributed by atoms with Gasteiger partial charge in [-0.05, 0) is 71.8 Å². The number of hydrogen-bond donors (Lipinski definition) is 0. The fourth-order valence-electron chi connectivity index (χ4n) is 4.21. The highest BCUT2D eigenvalue weighted by Gasteiger charge is 2.23. The molecule has 0 bridgehead atoms. The summed E-state index contributed by atoms with van der Waals surface area (Å²) in [6.45, 7) is 14.2. The lowest BCUT2D eigenvalue weighted by atomic mass is 9.77. The Bertz CT molecular complexity index is 737. The molecule has 1 heterocycles. The normalized spacial score (nSPS) is 16.1. The molecule has 1 aliphatic heterocycles. The summed E-state index contributed by atoms with van der Waals surface area (Å²) in [5.41, 5.74) is 6.05. The molecule has 3 rings (SSSR count). The second kappa shape index (κ2) is 8.50. The molecule has 2 aromatic rings. The Kier molecular flexibility index (Phi) is 6.29. The molecule has 0 aromatic heterocycles. The van der Waals surface area contributed by atoms with Crippen LogP contribution in [0.15, 0.2) is 48.5 Å². The zero-order valence-electron chi connectivity index (χ0n) is 18.0. The molecule has 1 heteroatoms. The van der Waals surface area contributed by atoms with Gasteiger partial charge in [-0.25, -0.2) is 0 Å². The predicted molar refractivity (Wildman–Crippen MR) is 119 cm³/mol. The van der Waals surface area contributed by atoms with Crippen LogP contribution in [0.2, 0.25) is 0 Å². The van der Waals surface area contributed by atoms with Crippen LogP contribution in [0.25, 0.3) is 0 Å². The summed E-state index contributed by atoms with van der Waals surface area (Å²) in [7, 11) is 0. The van der Waals surface area contributed by atoms with Crippen LogP contribution in [0.5, 0.6) is 0 Å². The van der Waals surface area contributed by atoms with E-state index in [1.165, 1.54) is 61.2 Å². The maximum Gasteiger partial charge on any atom is 0.0369 e. The van der Waals surface area contributed by atoms with Crippen molar-refractivity contribution in [1.82, 2.24) is 0 Å². The predicted octanol–water partition coefficient (Wildman–Crippen LogP) is 7.27. The topological polar surface area (TPSA) is 3.24 Å². The Morgan fingerprint density at radius 1 is 0.889 bits per heavy atom. The Labute approximate surface area is 166 Å². The molecule has 1 saturated heterocycles. The van der Waals surface area contributed by atoms with Crippen LogP contribution >= 0.6 is 0 Å². The van der Waals surface area contributed by atoms with E-state index in [4.69, 9.17) is 0 Å². The molecule has 2 aromatic carbocycles. The summed E-state index contributed by atoms with van der Waals surface area (Å²) in [4.78, 5) is 2.54. The average molecular weight is 364 g/mol. The molecule has 0 N–H and O–H groups in total. The highest BCUT2D eigenvalue weighted by Crippen LogP contribution is 2.34. The van der Waals surface area contributed by atoms with Gasteiger partial charge in [-0.1, -0.05) is 71.0 Å². The fourth-order valence-corrected chi connectivity index (χ4v) is 4.21. The highest BCUT2D eigenvalue weighted by atomic mass is 15.1. The standard InChI is InChI=1S/C26H37N/c1-20(2)22-10-8-12-24(18-22)26(4,5)15-14-21(3)23-11-9-13-25(19-23)27-16-6-7-17-27/h8-13,18-21H,6-7,14-17H2,1-5H3. The molecule has 0 spiro atoms. The highest BCUT2D eigenvalue weighted by molar-refractivity contribution is 5.50. The van der Waals surface area contributed by atoms with Crippen LogP contribution in [0.4, 0.5) is 5.69 Å². The number of rotatable bonds is 7. The Morgan fingerprint density at radius 2 is 1.56 bits per heavy atom. The van der Waals surface area contributed by atoms with Crippen molar-refractivity contribution in [2.45, 2.75) is 77.6 Å². The lowest BCUT2D eigenvalue weighted by molar-refractivity contribution is 0.439. The first-order valence-corrected chi connectivity index (χ1v) is 10.8. The summed E-state index contributed by atoms with van der Waals surface area (Å²) in [6, 6.07) is 18.5. The van der Waals surface area contributed by atoms with E-state index in [0.717, 1.165) is 0 Å². The van der Waals surface area contributed by atoms with E-state index in [1.807, 2.05) is 0 Å². The van der Waals surface area contributed by atoms with Crippen molar-refractivity contribution in [1.29, 1.82) is 0 Å². The van der Waals surface area contributed by atoms with Crippen molar-refractivity contribution in [3.63, 3.8) is 0 Å². The van der Waals surface area contributed by atoms with Crippen molar-refractivity contribution >= 4 is 5.69 Å². The van der Waals surface area contributed by atoms with Gasteiger partial charge in [0.25, 0.3) is 0 Å². The molecule has 146 valence electrons. The molecule has 0 aliphatic carbocycles. The molecule has 0 radical (unpaired) electrons. The first kappa shape index (κ1) is 20.0. The molecular weight excluding hydrogens is 326 g/mol. The van der Waals surface area contributed by atoms with E-state index in [-0.39, 0.29) is 5.41 Å². The SMILES string of the molecule is CC(C)c1cccc(C(C)(C)CCC(C)c2cccc(N3CCCC3)c2)c1. The van der Waals surface area contributed by atoms with E-state index in [1.54, 1.807) is 0 Å². The third-order valence-electron chi connectivity index (χ3n) is 6.45. The van der Waals surface area contributed by atoms with E-state index >= 15 is 0 Å². The third-order valence-corrected chi connectivity index (χ3v) is 6.45. The zero-order valence-corrected chi connectivity index (χ0v) is 18.0.